The second kappa shape index (κ2) is 5.44. The van der Waals surface area contributed by atoms with E-state index in [1.165, 1.54) is 10.5 Å². The average Bonchev–Trinajstić information content (AvgIpc) is 2.26. The van der Waals surface area contributed by atoms with E-state index in [-0.39, 0.29) is 11.5 Å². The van der Waals surface area contributed by atoms with E-state index in [2.05, 4.69) is 48.0 Å². The quantitative estimate of drug-likeness (QED) is 0.778. The zero-order chi connectivity index (χ0) is 15.7. The summed E-state index contributed by atoms with van der Waals surface area (Å²) in [6, 6.07) is 6.04. The first kappa shape index (κ1) is 16.5. The second-order valence-electron chi connectivity index (χ2n) is 7.21. The lowest BCUT2D eigenvalue weighted by Crippen LogP contribution is -2.36. The number of rotatable bonds is 2. The first-order valence-electron chi connectivity index (χ1n) is 6.78. The van der Waals surface area contributed by atoms with Crippen LogP contribution in [0.4, 0.5) is 10.5 Å². The molecule has 0 aliphatic rings. The summed E-state index contributed by atoms with van der Waals surface area (Å²) in [5.41, 5.74) is 2.28. The van der Waals surface area contributed by atoms with Gasteiger partial charge in [-0.15, -0.1) is 0 Å². The van der Waals surface area contributed by atoms with Gasteiger partial charge >= 0.3 is 6.09 Å². The number of amides is 1. The van der Waals surface area contributed by atoms with Gasteiger partial charge in [0.15, 0.2) is 11.4 Å². The van der Waals surface area contributed by atoms with Crippen LogP contribution in [0.15, 0.2) is 18.2 Å². The summed E-state index contributed by atoms with van der Waals surface area (Å²) in [5, 5.41) is 0. The third-order valence-corrected chi connectivity index (χ3v) is 3.11. The molecule has 0 aliphatic carbocycles. The molecular formula is C16H27N2O2+. The fraction of sp³-hybridized carbons (Fsp3) is 0.562. The molecular weight excluding hydrogens is 252 g/mol. The first-order valence-corrected chi connectivity index (χ1v) is 6.78. The van der Waals surface area contributed by atoms with E-state index in [0.29, 0.717) is 10.2 Å². The molecule has 0 aromatic heterocycles. The van der Waals surface area contributed by atoms with Gasteiger partial charge in [-0.3, -0.25) is 4.48 Å². The van der Waals surface area contributed by atoms with Crippen molar-refractivity contribution in [3.8, 4) is 5.75 Å². The minimum absolute atomic E-state index is 0.0635. The highest BCUT2D eigenvalue weighted by molar-refractivity contribution is 5.73. The molecule has 0 atom stereocenters. The largest absolute Gasteiger partial charge is 0.414 e. The molecule has 0 fully saturated rings. The maximum absolute atomic E-state index is 11.8. The Bertz CT molecular complexity index is 494. The van der Waals surface area contributed by atoms with Gasteiger partial charge in [0.2, 0.25) is 0 Å². The molecule has 0 saturated heterocycles. The molecule has 20 heavy (non-hydrogen) atoms. The Morgan fingerprint density at radius 2 is 1.70 bits per heavy atom. The maximum Gasteiger partial charge on any atom is 0.414 e. The summed E-state index contributed by atoms with van der Waals surface area (Å²) in [6.45, 7) is 6.52. The van der Waals surface area contributed by atoms with Gasteiger partial charge in [0.05, 0.1) is 21.1 Å². The average molecular weight is 279 g/mol. The Balaban J connectivity index is 3.29. The highest BCUT2D eigenvalue weighted by atomic mass is 16.6. The lowest BCUT2D eigenvalue weighted by molar-refractivity contribution is 0.171. The van der Waals surface area contributed by atoms with Crippen molar-refractivity contribution in [3.63, 3.8) is 0 Å². The Morgan fingerprint density at radius 3 is 2.10 bits per heavy atom. The van der Waals surface area contributed by atoms with Gasteiger partial charge in [-0.1, -0.05) is 26.8 Å². The van der Waals surface area contributed by atoms with Crippen molar-refractivity contribution in [3.05, 3.63) is 23.8 Å². The summed E-state index contributed by atoms with van der Waals surface area (Å²) < 4.78 is 6.07. The Morgan fingerprint density at radius 1 is 1.15 bits per heavy atom. The van der Waals surface area contributed by atoms with E-state index in [1.807, 2.05) is 12.1 Å². The van der Waals surface area contributed by atoms with Gasteiger partial charge in [-0.25, -0.2) is 4.79 Å². The van der Waals surface area contributed by atoms with E-state index in [9.17, 15) is 4.79 Å². The molecule has 0 spiro atoms. The van der Waals surface area contributed by atoms with Crippen LogP contribution in [0.3, 0.4) is 0 Å². The lowest BCUT2D eigenvalue weighted by atomic mass is 9.86. The third-order valence-electron chi connectivity index (χ3n) is 3.11. The summed E-state index contributed by atoms with van der Waals surface area (Å²) in [4.78, 5) is 13.2. The first-order chi connectivity index (χ1) is 8.93. The van der Waals surface area contributed by atoms with E-state index in [1.54, 1.807) is 14.1 Å². The summed E-state index contributed by atoms with van der Waals surface area (Å²) in [7, 11) is 9.55. The molecule has 0 saturated carbocycles. The SMILES string of the molecule is CN(C)C(=O)Oc1ccc(C(C)(C)C)cc1[N+](C)(C)C. The summed E-state index contributed by atoms with van der Waals surface area (Å²) in [6.07, 6.45) is -0.358. The van der Waals surface area contributed by atoms with Crippen LogP contribution in [0.1, 0.15) is 26.3 Å². The Kier molecular flexibility index (Phi) is 4.49. The van der Waals surface area contributed by atoms with Gasteiger partial charge in [0, 0.05) is 20.2 Å². The molecule has 1 aromatic carbocycles. The Labute approximate surface area is 122 Å². The number of benzene rings is 1. The van der Waals surface area contributed by atoms with Gasteiger partial charge < -0.3 is 9.64 Å². The van der Waals surface area contributed by atoms with Crippen LogP contribution >= 0.6 is 0 Å². The van der Waals surface area contributed by atoms with E-state index < -0.39 is 0 Å². The number of nitrogens with zero attached hydrogens (tertiary/aromatic N) is 2. The number of hydrogen-bond acceptors (Lipinski definition) is 2. The normalized spacial score (nSPS) is 12.2. The molecule has 0 bridgehead atoms. The van der Waals surface area contributed by atoms with Crippen molar-refractivity contribution in [2.75, 3.05) is 35.2 Å². The molecule has 112 valence electrons. The molecule has 0 N–H and O–H groups in total. The zero-order valence-corrected chi connectivity index (χ0v) is 13.9. The van der Waals surface area contributed by atoms with Crippen molar-refractivity contribution in [2.24, 2.45) is 0 Å². The summed E-state index contributed by atoms with van der Waals surface area (Å²) in [5.74, 6) is 0.615. The number of quaternary nitrogens is 1. The van der Waals surface area contributed by atoms with Crippen molar-refractivity contribution in [1.82, 2.24) is 9.38 Å². The number of ether oxygens (including phenoxy) is 1. The molecule has 0 aliphatic heterocycles. The predicted octanol–water partition coefficient (Wildman–Crippen LogP) is 3.24. The number of carbonyl (C=O) groups excluding carboxylic acids is 1. The van der Waals surface area contributed by atoms with Crippen LogP contribution in [-0.4, -0.2) is 46.2 Å². The second-order valence-corrected chi connectivity index (χ2v) is 7.21. The van der Waals surface area contributed by atoms with Crippen LogP contribution in [0.5, 0.6) is 5.75 Å². The molecule has 0 heterocycles. The Hall–Kier alpha value is -1.55. The van der Waals surface area contributed by atoms with Crippen molar-refractivity contribution in [1.29, 1.82) is 0 Å². The molecule has 1 rings (SSSR count). The maximum atomic E-state index is 11.8. The molecule has 0 radical (unpaired) electrons. The molecule has 1 aromatic rings. The minimum atomic E-state index is -0.358. The van der Waals surface area contributed by atoms with Gasteiger partial charge in [-0.05, 0) is 17.0 Å². The van der Waals surface area contributed by atoms with Gasteiger partial charge in [0.25, 0.3) is 0 Å². The van der Waals surface area contributed by atoms with Crippen LogP contribution in [-0.2, 0) is 5.41 Å². The van der Waals surface area contributed by atoms with E-state index in [0.717, 1.165) is 5.69 Å². The predicted molar refractivity (Wildman–Crippen MR) is 84.4 cm³/mol. The van der Waals surface area contributed by atoms with Crippen molar-refractivity contribution < 1.29 is 9.53 Å². The third kappa shape index (κ3) is 3.97. The lowest BCUT2D eigenvalue weighted by Gasteiger charge is -2.28. The number of carbonyl (C=O) groups is 1. The van der Waals surface area contributed by atoms with Gasteiger partial charge in [-0.2, -0.15) is 0 Å². The number of hydrogen-bond donors (Lipinski definition) is 0. The van der Waals surface area contributed by atoms with Crippen LogP contribution in [0.25, 0.3) is 0 Å². The molecule has 1 amide bonds. The van der Waals surface area contributed by atoms with Crippen molar-refractivity contribution >= 4 is 11.8 Å². The topological polar surface area (TPSA) is 29.5 Å². The smallest absolute Gasteiger partial charge is 0.404 e. The highest BCUT2D eigenvalue weighted by Crippen LogP contribution is 2.35. The molecule has 4 nitrogen and oxygen atoms in total. The highest BCUT2D eigenvalue weighted by Gasteiger charge is 2.25. The molecule has 4 heteroatoms. The van der Waals surface area contributed by atoms with E-state index in [4.69, 9.17) is 4.74 Å². The fourth-order valence-corrected chi connectivity index (χ4v) is 1.78. The van der Waals surface area contributed by atoms with Crippen LogP contribution in [0, 0.1) is 0 Å². The minimum Gasteiger partial charge on any atom is -0.404 e. The standard InChI is InChI=1S/C16H27N2O2/c1-16(2,3)12-9-10-14(20-15(19)17(4)5)13(11-12)18(6,7)8/h9-11H,1-8H3/q+1. The monoisotopic (exact) mass is 279 g/mol. The van der Waals surface area contributed by atoms with Crippen molar-refractivity contribution in [2.45, 2.75) is 26.2 Å². The van der Waals surface area contributed by atoms with Crippen LogP contribution < -0.4 is 9.22 Å². The molecule has 0 unspecified atom stereocenters. The summed E-state index contributed by atoms with van der Waals surface area (Å²) >= 11 is 0. The van der Waals surface area contributed by atoms with E-state index >= 15 is 0 Å². The fourth-order valence-electron chi connectivity index (χ4n) is 1.78. The van der Waals surface area contributed by atoms with Gasteiger partial charge in [0.1, 0.15) is 0 Å². The van der Waals surface area contributed by atoms with Crippen LogP contribution in [0.2, 0.25) is 0 Å². The zero-order valence-electron chi connectivity index (χ0n) is 13.9.